The van der Waals surface area contributed by atoms with Crippen LogP contribution < -0.4 is 0 Å². The maximum atomic E-state index is 2.50. The minimum Gasteiger partial charge on any atom is -0.0587 e. The van der Waals surface area contributed by atoms with E-state index in [1.165, 1.54) is 57.8 Å². The van der Waals surface area contributed by atoms with Crippen LogP contribution in [0.15, 0.2) is 18.2 Å². The van der Waals surface area contributed by atoms with E-state index in [0.717, 1.165) is 5.92 Å². The Bertz CT molecular complexity index is 358. The molecular weight excluding hydrogens is 192 g/mol. The second-order valence-corrected chi connectivity index (χ2v) is 5.66. The number of aryl methyl sites for hydroxylation is 2. The van der Waals surface area contributed by atoms with Gasteiger partial charge in [-0.3, -0.25) is 0 Å². The van der Waals surface area contributed by atoms with Crippen molar-refractivity contribution in [2.24, 2.45) is 5.92 Å². The molecule has 1 aromatic rings. The van der Waals surface area contributed by atoms with E-state index < -0.39 is 0 Å². The first-order chi connectivity index (χ1) is 7.92. The maximum Gasteiger partial charge on any atom is -0.0250 e. The fourth-order valence-electron chi connectivity index (χ4n) is 3.48. The van der Waals surface area contributed by atoms with Gasteiger partial charge in [-0.15, -0.1) is 0 Å². The summed E-state index contributed by atoms with van der Waals surface area (Å²) in [7, 11) is 0. The number of fused-ring (bicyclic) bond motifs is 1. The fourth-order valence-corrected chi connectivity index (χ4v) is 3.48. The number of benzene rings is 1. The van der Waals surface area contributed by atoms with Crippen LogP contribution in [0.25, 0.3) is 0 Å². The Morgan fingerprint density at radius 2 is 1.69 bits per heavy atom. The molecule has 0 N–H and O–H groups in total. The summed E-state index contributed by atoms with van der Waals surface area (Å²) in [5.74, 6) is 0.980. The highest BCUT2D eigenvalue weighted by molar-refractivity contribution is 5.35. The molecule has 0 spiro atoms. The highest BCUT2D eigenvalue weighted by Crippen LogP contribution is 2.29. The van der Waals surface area contributed by atoms with Gasteiger partial charge in [0.25, 0.3) is 0 Å². The van der Waals surface area contributed by atoms with Gasteiger partial charge in [-0.2, -0.15) is 0 Å². The molecule has 0 nitrogen and oxygen atoms in total. The molecule has 3 rings (SSSR count). The molecule has 0 heteroatoms. The topological polar surface area (TPSA) is 0 Å². The lowest BCUT2D eigenvalue weighted by Crippen LogP contribution is -2.09. The Balaban J connectivity index is 1.69. The predicted octanol–water partition coefficient (Wildman–Crippen LogP) is 4.30. The van der Waals surface area contributed by atoms with Crippen molar-refractivity contribution in [2.75, 3.05) is 0 Å². The van der Waals surface area contributed by atoms with Crippen LogP contribution in [0.2, 0.25) is 0 Å². The zero-order chi connectivity index (χ0) is 10.8. The molecule has 1 fully saturated rings. The third-order valence-electron chi connectivity index (χ3n) is 4.41. The van der Waals surface area contributed by atoms with Crippen LogP contribution in [0.4, 0.5) is 0 Å². The number of hydrogen-bond donors (Lipinski definition) is 0. The standard InChI is InChI=1S/C16H22/c1-2-5-13(6-3-1)11-14-9-10-15-7-4-8-16(15)12-14/h9-10,12-13H,1-8,11H2. The van der Waals surface area contributed by atoms with Crippen LogP contribution in [0.3, 0.4) is 0 Å². The van der Waals surface area contributed by atoms with E-state index in [-0.39, 0.29) is 0 Å². The van der Waals surface area contributed by atoms with Gasteiger partial charge in [0, 0.05) is 0 Å². The molecule has 2 aliphatic rings. The van der Waals surface area contributed by atoms with E-state index >= 15 is 0 Å². The molecule has 1 saturated carbocycles. The molecule has 0 unspecified atom stereocenters. The van der Waals surface area contributed by atoms with Crippen molar-refractivity contribution in [2.45, 2.75) is 57.8 Å². The highest BCUT2D eigenvalue weighted by atomic mass is 14.2. The van der Waals surface area contributed by atoms with Gasteiger partial charge in [0.1, 0.15) is 0 Å². The largest absolute Gasteiger partial charge is 0.0587 e. The van der Waals surface area contributed by atoms with Crippen molar-refractivity contribution in [3.63, 3.8) is 0 Å². The molecule has 0 saturated heterocycles. The van der Waals surface area contributed by atoms with Crippen LogP contribution in [0.1, 0.15) is 55.2 Å². The fraction of sp³-hybridized carbons (Fsp3) is 0.625. The number of rotatable bonds is 2. The van der Waals surface area contributed by atoms with Gasteiger partial charge in [0.15, 0.2) is 0 Å². The SMILES string of the molecule is c1cc2c(cc1CC1CCCCC1)CCC2. The summed E-state index contributed by atoms with van der Waals surface area (Å²) in [6, 6.07) is 7.27. The van der Waals surface area contributed by atoms with E-state index in [1.54, 1.807) is 16.7 Å². The minimum absolute atomic E-state index is 0.980. The van der Waals surface area contributed by atoms with Crippen molar-refractivity contribution in [3.8, 4) is 0 Å². The second kappa shape index (κ2) is 4.61. The average molecular weight is 214 g/mol. The lowest BCUT2D eigenvalue weighted by Gasteiger charge is -2.21. The maximum absolute atomic E-state index is 2.50. The van der Waals surface area contributed by atoms with E-state index in [4.69, 9.17) is 0 Å². The summed E-state index contributed by atoms with van der Waals surface area (Å²) in [4.78, 5) is 0. The van der Waals surface area contributed by atoms with E-state index in [0.29, 0.717) is 0 Å². The van der Waals surface area contributed by atoms with Crippen LogP contribution in [-0.2, 0) is 19.3 Å². The van der Waals surface area contributed by atoms with Gasteiger partial charge in [0.05, 0.1) is 0 Å². The van der Waals surface area contributed by atoms with Gasteiger partial charge in [0.2, 0.25) is 0 Å². The first-order valence-electron chi connectivity index (χ1n) is 7.02. The van der Waals surface area contributed by atoms with Crippen LogP contribution >= 0.6 is 0 Å². The third kappa shape index (κ3) is 2.16. The summed E-state index contributed by atoms with van der Waals surface area (Å²) < 4.78 is 0. The summed E-state index contributed by atoms with van der Waals surface area (Å²) in [6.45, 7) is 0. The molecule has 0 aliphatic heterocycles. The van der Waals surface area contributed by atoms with Crippen molar-refractivity contribution < 1.29 is 0 Å². The van der Waals surface area contributed by atoms with E-state index in [1.807, 2.05) is 0 Å². The Morgan fingerprint density at radius 3 is 2.56 bits per heavy atom. The molecular formula is C16H22. The predicted molar refractivity (Wildman–Crippen MR) is 68.7 cm³/mol. The molecule has 2 aliphatic carbocycles. The normalized spacial score (nSPS) is 21.0. The minimum atomic E-state index is 0.980. The van der Waals surface area contributed by atoms with Gasteiger partial charge in [-0.25, -0.2) is 0 Å². The number of hydrogen-bond acceptors (Lipinski definition) is 0. The molecule has 16 heavy (non-hydrogen) atoms. The molecule has 0 aromatic heterocycles. The van der Waals surface area contributed by atoms with Crippen LogP contribution in [0.5, 0.6) is 0 Å². The van der Waals surface area contributed by atoms with Crippen molar-refractivity contribution in [3.05, 3.63) is 34.9 Å². The van der Waals surface area contributed by atoms with Crippen LogP contribution in [-0.4, -0.2) is 0 Å². The summed E-state index contributed by atoms with van der Waals surface area (Å²) in [6.07, 6.45) is 12.7. The molecule has 0 bridgehead atoms. The summed E-state index contributed by atoms with van der Waals surface area (Å²) in [5.41, 5.74) is 4.87. The average Bonchev–Trinajstić information content (AvgIpc) is 2.77. The van der Waals surface area contributed by atoms with E-state index in [2.05, 4.69) is 18.2 Å². The van der Waals surface area contributed by atoms with Crippen molar-refractivity contribution in [1.82, 2.24) is 0 Å². The zero-order valence-electron chi connectivity index (χ0n) is 10.2. The Hall–Kier alpha value is -0.780. The van der Waals surface area contributed by atoms with Crippen LogP contribution in [0, 0.1) is 5.92 Å². The highest BCUT2D eigenvalue weighted by Gasteiger charge is 2.15. The monoisotopic (exact) mass is 214 g/mol. The smallest absolute Gasteiger partial charge is 0.0250 e. The molecule has 0 atom stereocenters. The first-order valence-corrected chi connectivity index (χ1v) is 7.02. The summed E-state index contributed by atoms with van der Waals surface area (Å²) >= 11 is 0. The molecule has 0 radical (unpaired) electrons. The first kappa shape index (κ1) is 10.4. The van der Waals surface area contributed by atoms with Gasteiger partial charge < -0.3 is 0 Å². The van der Waals surface area contributed by atoms with Crippen molar-refractivity contribution >= 4 is 0 Å². The molecule has 0 heterocycles. The molecule has 1 aromatic carbocycles. The third-order valence-corrected chi connectivity index (χ3v) is 4.41. The van der Waals surface area contributed by atoms with E-state index in [9.17, 15) is 0 Å². The zero-order valence-corrected chi connectivity index (χ0v) is 10.2. The summed E-state index contributed by atoms with van der Waals surface area (Å²) in [5, 5.41) is 0. The van der Waals surface area contributed by atoms with Crippen molar-refractivity contribution in [1.29, 1.82) is 0 Å². The molecule has 0 amide bonds. The second-order valence-electron chi connectivity index (χ2n) is 5.66. The van der Waals surface area contributed by atoms with Gasteiger partial charge in [-0.05, 0) is 48.3 Å². The van der Waals surface area contributed by atoms with Gasteiger partial charge in [-0.1, -0.05) is 50.3 Å². The molecule has 86 valence electrons. The Kier molecular flexibility index (Phi) is 2.99. The quantitative estimate of drug-likeness (QED) is 0.688. The lowest BCUT2D eigenvalue weighted by atomic mass is 9.84. The lowest BCUT2D eigenvalue weighted by molar-refractivity contribution is 0.356. The Labute approximate surface area is 99.1 Å². The Morgan fingerprint density at radius 1 is 0.875 bits per heavy atom. The van der Waals surface area contributed by atoms with Gasteiger partial charge >= 0.3 is 0 Å².